The molecule has 0 spiro atoms. The number of imide groups is 1. The number of amides is 3. The van der Waals surface area contributed by atoms with Crippen molar-refractivity contribution < 1.29 is 37.1 Å². The van der Waals surface area contributed by atoms with Gasteiger partial charge in [-0.25, -0.2) is 4.79 Å². The fourth-order valence-electron chi connectivity index (χ4n) is 3.66. The number of anilines is 1. The number of alkyl halides is 3. The number of carbonyl (C=O) groups excluding carboxylic acids is 4. The van der Waals surface area contributed by atoms with Crippen LogP contribution in [0.2, 0.25) is 20.1 Å². The molecule has 2 aromatic rings. The van der Waals surface area contributed by atoms with E-state index in [1.54, 1.807) is 13.8 Å². The van der Waals surface area contributed by atoms with Gasteiger partial charge >= 0.3 is 12.1 Å². The van der Waals surface area contributed by atoms with Crippen molar-refractivity contribution in [1.82, 2.24) is 4.90 Å². The number of hydrogen-bond donors (Lipinski definition) is 1. The number of halogens is 7. The molecule has 0 saturated carbocycles. The average molecular weight is 600 g/mol. The SMILES string of the molecule is CC(C)C[C@@H](C(=O)OCC(=O)Nc1ccccc1C(F)(F)F)N1C(=O)c2c(Cl)c(Cl)c(Cl)c(Cl)c2C1=O. The highest BCUT2D eigenvalue weighted by molar-refractivity contribution is 6.55. The molecule has 1 N–H and O–H groups in total. The van der Waals surface area contributed by atoms with Gasteiger partial charge in [-0.1, -0.05) is 72.4 Å². The van der Waals surface area contributed by atoms with Crippen molar-refractivity contribution in [3.05, 3.63) is 61.0 Å². The molecule has 1 atom stereocenters. The van der Waals surface area contributed by atoms with E-state index in [9.17, 15) is 32.3 Å². The second-order valence-corrected chi connectivity index (χ2v) is 9.84. The fraction of sp³-hybridized carbons (Fsp3) is 0.304. The number of esters is 1. The first-order valence-electron chi connectivity index (χ1n) is 10.5. The third-order valence-electron chi connectivity index (χ3n) is 5.26. The Hall–Kier alpha value is -2.53. The van der Waals surface area contributed by atoms with Crippen LogP contribution in [-0.4, -0.2) is 41.2 Å². The van der Waals surface area contributed by atoms with Crippen molar-refractivity contribution in [3.8, 4) is 0 Å². The monoisotopic (exact) mass is 598 g/mol. The van der Waals surface area contributed by atoms with Gasteiger partial charge in [-0.3, -0.25) is 19.3 Å². The number of nitrogens with one attached hydrogen (secondary N) is 1. The van der Waals surface area contributed by atoms with Gasteiger partial charge in [0.2, 0.25) is 0 Å². The van der Waals surface area contributed by atoms with E-state index in [-0.39, 0.29) is 43.6 Å². The number of ether oxygens (including phenoxy) is 1. The highest BCUT2D eigenvalue weighted by atomic mass is 35.5. The fourth-order valence-corrected chi connectivity index (χ4v) is 4.68. The molecule has 7 nitrogen and oxygen atoms in total. The Bertz CT molecular complexity index is 1250. The molecule has 3 rings (SSSR count). The van der Waals surface area contributed by atoms with Gasteiger partial charge in [-0.15, -0.1) is 0 Å². The third-order valence-corrected chi connectivity index (χ3v) is 7.06. The standard InChI is InChI=1S/C23H17Cl4F3N2O5/c1-9(2)7-12(32-20(34)14-15(21(32)35)17(25)19(27)18(26)16(14)24)22(36)37-8-13(33)31-11-6-4-3-5-10(11)23(28,29)30/h3-6,9,12H,7-8H2,1-2H3,(H,31,33)/t12-/m0/s1. The van der Waals surface area contributed by atoms with E-state index in [1.165, 1.54) is 6.07 Å². The summed E-state index contributed by atoms with van der Waals surface area (Å²) in [6.45, 7) is 2.42. The average Bonchev–Trinajstić information content (AvgIpc) is 3.07. The minimum Gasteiger partial charge on any atom is -0.454 e. The summed E-state index contributed by atoms with van der Waals surface area (Å²) in [6.07, 6.45) is -4.80. The van der Waals surface area contributed by atoms with E-state index < -0.39 is 53.8 Å². The number of nitrogens with zero attached hydrogens (tertiary/aromatic N) is 1. The summed E-state index contributed by atoms with van der Waals surface area (Å²) in [5.74, 6) is -4.41. The summed E-state index contributed by atoms with van der Waals surface area (Å²) in [5.41, 5.74) is -2.30. The van der Waals surface area contributed by atoms with Crippen LogP contribution < -0.4 is 5.32 Å². The van der Waals surface area contributed by atoms with Crippen LogP contribution in [0.3, 0.4) is 0 Å². The molecule has 1 heterocycles. The predicted octanol–water partition coefficient (Wildman–Crippen LogP) is 6.51. The van der Waals surface area contributed by atoms with E-state index in [1.807, 2.05) is 5.32 Å². The molecule has 0 aromatic heterocycles. The Kier molecular flexibility index (Phi) is 8.68. The van der Waals surface area contributed by atoms with E-state index in [2.05, 4.69) is 0 Å². The molecule has 0 aliphatic carbocycles. The van der Waals surface area contributed by atoms with Gasteiger partial charge in [0.15, 0.2) is 6.61 Å². The van der Waals surface area contributed by atoms with Crippen LogP contribution in [0.15, 0.2) is 24.3 Å². The Morgan fingerprint density at radius 2 is 1.46 bits per heavy atom. The maximum atomic E-state index is 13.2. The van der Waals surface area contributed by atoms with Crippen molar-refractivity contribution >= 4 is 75.8 Å². The summed E-state index contributed by atoms with van der Waals surface area (Å²) < 4.78 is 44.5. The van der Waals surface area contributed by atoms with Gasteiger partial charge in [0, 0.05) is 0 Å². The number of para-hydroxylation sites is 1. The quantitative estimate of drug-likeness (QED) is 0.169. The lowest BCUT2D eigenvalue weighted by atomic mass is 10.0. The molecule has 0 fully saturated rings. The Morgan fingerprint density at radius 1 is 0.946 bits per heavy atom. The van der Waals surface area contributed by atoms with Gasteiger partial charge < -0.3 is 10.1 Å². The second-order valence-electron chi connectivity index (χ2n) is 8.33. The second kappa shape index (κ2) is 11.1. The van der Waals surface area contributed by atoms with Crippen molar-refractivity contribution in [3.63, 3.8) is 0 Å². The number of rotatable bonds is 7. The molecule has 0 radical (unpaired) electrons. The van der Waals surface area contributed by atoms with Crippen LogP contribution in [0, 0.1) is 5.92 Å². The number of benzene rings is 2. The first-order chi connectivity index (χ1) is 17.2. The highest BCUT2D eigenvalue weighted by Crippen LogP contribution is 2.45. The summed E-state index contributed by atoms with van der Waals surface area (Å²) >= 11 is 24.3. The zero-order valence-corrected chi connectivity index (χ0v) is 22.0. The molecule has 0 saturated heterocycles. The lowest BCUT2D eigenvalue weighted by Crippen LogP contribution is -2.47. The molecular formula is C23H17Cl4F3N2O5. The highest BCUT2D eigenvalue weighted by Gasteiger charge is 2.47. The normalized spacial score (nSPS) is 14.2. The Balaban J connectivity index is 1.82. The Morgan fingerprint density at radius 3 is 1.95 bits per heavy atom. The molecule has 14 heteroatoms. The zero-order valence-electron chi connectivity index (χ0n) is 19.0. The Labute approximate surface area is 228 Å². The zero-order chi connectivity index (χ0) is 27.8. The molecule has 0 bridgehead atoms. The van der Waals surface area contributed by atoms with Crippen molar-refractivity contribution in [2.45, 2.75) is 32.5 Å². The minimum absolute atomic E-state index is 0.0699. The molecule has 2 aromatic carbocycles. The van der Waals surface area contributed by atoms with Gasteiger partial charge in [0.25, 0.3) is 17.7 Å². The first-order valence-corrected chi connectivity index (χ1v) is 12.0. The maximum Gasteiger partial charge on any atom is 0.418 e. The molecule has 1 aliphatic rings. The number of fused-ring (bicyclic) bond motifs is 1. The van der Waals surface area contributed by atoms with E-state index in [4.69, 9.17) is 51.1 Å². The predicted molar refractivity (Wildman–Crippen MR) is 131 cm³/mol. The molecule has 3 amide bonds. The van der Waals surface area contributed by atoms with Crippen molar-refractivity contribution in [2.75, 3.05) is 11.9 Å². The van der Waals surface area contributed by atoms with Crippen molar-refractivity contribution in [2.24, 2.45) is 5.92 Å². The molecule has 1 aliphatic heterocycles. The first kappa shape index (κ1) is 29.0. The molecule has 0 unspecified atom stereocenters. The lowest BCUT2D eigenvalue weighted by molar-refractivity contribution is -0.151. The number of hydrogen-bond acceptors (Lipinski definition) is 5. The van der Waals surface area contributed by atoms with Crippen LogP contribution in [0.1, 0.15) is 46.5 Å². The van der Waals surface area contributed by atoms with Crippen LogP contribution in [-0.2, 0) is 20.5 Å². The van der Waals surface area contributed by atoms with Crippen LogP contribution in [0.25, 0.3) is 0 Å². The van der Waals surface area contributed by atoms with Gasteiger partial charge in [-0.2, -0.15) is 13.2 Å². The lowest BCUT2D eigenvalue weighted by Gasteiger charge is -2.26. The smallest absolute Gasteiger partial charge is 0.418 e. The van der Waals surface area contributed by atoms with Crippen LogP contribution >= 0.6 is 46.4 Å². The topological polar surface area (TPSA) is 92.8 Å². The largest absolute Gasteiger partial charge is 0.454 e. The summed E-state index contributed by atoms with van der Waals surface area (Å²) in [5, 5.41) is 0.867. The van der Waals surface area contributed by atoms with Crippen LogP contribution in [0.4, 0.5) is 18.9 Å². The molecule has 37 heavy (non-hydrogen) atoms. The maximum absolute atomic E-state index is 13.2. The van der Waals surface area contributed by atoms with Gasteiger partial charge in [0.05, 0.1) is 42.5 Å². The minimum atomic E-state index is -4.73. The van der Waals surface area contributed by atoms with Gasteiger partial charge in [-0.05, 0) is 24.5 Å². The molecular weight excluding hydrogens is 583 g/mol. The summed E-state index contributed by atoms with van der Waals surface area (Å²) in [7, 11) is 0. The van der Waals surface area contributed by atoms with E-state index in [0.717, 1.165) is 18.2 Å². The summed E-state index contributed by atoms with van der Waals surface area (Å²) in [4.78, 5) is 52.1. The number of carbonyl (C=O) groups is 4. The summed E-state index contributed by atoms with van der Waals surface area (Å²) in [6, 6.07) is 2.74. The van der Waals surface area contributed by atoms with Crippen LogP contribution in [0.5, 0.6) is 0 Å². The third kappa shape index (κ3) is 5.82. The van der Waals surface area contributed by atoms with E-state index >= 15 is 0 Å². The van der Waals surface area contributed by atoms with E-state index in [0.29, 0.717) is 4.90 Å². The van der Waals surface area contributed by atoms with Crippen molar-refractivity contribution in [1.29, 1.82) is 0 Å². The van der Waals surface area contributed by atoms with Gasteiger partial charge in [0.1, 0.15) is 6.04 Å². The molecule has 198 valence electrons.